The van der Waals surface area contributed by atoms with E-state index in [9.17, 15) is 29.6 Å². The number of ether oxygens (including phenoxy) is 2. The number of guanidine groups is 1. The van der Waals surface area contributed by atoms with Gasteiger partial charge in [-0.25, -0.2) is 25.4 Å². The standard InChI is InChI=1S/C13H26N3O6P.C13H26NO7P.2CHNO/c1-4-21-23(3,20)10-5-8(16-13(14)15)7(2)12(22-10)11(19)9(18)6-17;1-4-19-22(18,20-5-2)11-6-9(14)8(3)13(21-11)12(17)10(16)7-15;2*2-1-3/h5,7-9,11-12,17-19H,4,6H2,1-3H3,(H4,14,15,16);6,8-10,12-13,15-17H,4-5,7,14H2,1-3H3;2*2H/t7-,8+,9-,11-,12-,23?;8-,9+,10-,12-,13-;;/m11../s1. The lowest BCUT2D eigenvalue weighted by atomic mass is 9.89. The van der Waals surface area contributed by atoms with Crippen molar-refractivity contribution in [1.82, 2.24) is 0 Å². The first-order valence-electron chi connectivity index (χ1n) is 15.5. The van der Waals surface area contributed by atoms with Crippen LogP contribution >= 0.6 is 15.0 Å². The maximum absolute atomic E-state index is 12.7. The van der Waals surface area contributed by atoms with Gasteiger partial charge in [0.2, 0.25) is 17.7 Å². The fourth-order valence-electron chi connectivity index (χ4n) is 4.54. The van der Waals surface area contributed by atoms with E-state index in [2.05, 4.69) is 4.99 Å². The molecule has 2 aliphatic heterocycles. The third-order valence-corrected chi connectivity index (χ3v) is 10.9. The van der Waals surface area contributed by atoms with Crippen molar-refractivity contribution in [3.8, 4) is 0 Å². The summed E-state index contributed by atoms with van der Waals surface area (Å²) in [5.74, 6) is -0.965. The van der Waals surface area contributed by atoms with E-state index in [0.29, 0.717) is 0 Å². The van der Waals surface area contributed by atoms with Crippen LogP contribution in [0.1, 0.15) is 34.6 Å². The number of nitrogens with two attached hydrogens (primary N) is 3. The van der Waals surface area contributed by atoms with E-state index in [1.54, 1.807) is 34.6 Å². The Balaban J connectivity index is 0. The molecule has 0 aromatic rings. The minimum atomic E-state index is -3.67. The number of carbonyl (C=O) groups excluding carboxylic acids is 2. The van der Waals surface area contributed by atoms with Crippen molar-refractivity contribution in [2.75, 3.05) is 39.7 Å². The van der Waals surface area contributed by atoms with E-state index in [-0.39, 0.29) is 42.7 Å². The van der Waals surface area contributed by atoms with Gasteiger partial charge in [0.05, 0.1) is 39.1 Å². The molecular weight excluding hydrogens is 722 g/mol. The van der Waals surface area contributed by atoms with Gasteiger partial charge in [-0.15, -0.1) is 0 Å². The van der Waals surface area contributed by atoms with Gasteiger partial charge in [0.25, 0.3) is 7.37 Å². The number of nitrogens with zero attached hydrogens (tertiary/aromatic N) is 1. The molecule has 0 radical (unpaired) electrons. The minimum Gasteiger partial charge on any atom is -0.481 e. The lowest BCUT2D eigenvalue weighted by Gasteiger charge is -2.38. The van der Waals surface area contributed by atoms with Gasteiger partial charge >= 0.3 is 7.60 Å². The van der Waals surface area contributed by atoms with Gasteiger partial charge in [0.1, 0.15) is 36.6 Å². The molecule has 0 fully saturated rings. The minimum absolute atomic E-state index is 0.0293. The van der Waals surface area contributed by atoms with E-state index in [4.69, 9.17) is 70.9 Å². The van der Waals surface area contributed by atoms with Crippen LogP contribution in [0.3, 0.4) is 0 Å². The van der Waals surface area contributed by atoms with Crippen molar-refractivity contribution in [2.45, 2.75) is 83.3 Å². The van der Waals surface area contributed by atoms with Gasteiger partial charge < -0.3 is 70.9 Å². The van der Waals surface area contributed by atoms with Gasteiger partial charge in [0.15, 0.2) is 11.5 Å². The van der Waals surface area contributed by atoms with Crippen LogP contribution in [0.25, 0.3) is 0 Å². The van der Waals surface area contributed by atoms with Crippen LogP contribution in [0.4, 0.5) is 0 Å². The quantitative estimate of drug-likeness (QED) is 0.0417. The van der Waals surface area contributed by atoms with Gasteiger partial charge in [-0.1, -0.05) is 13.8 Å². The molecule has 2 aliphatic rings. The van der Waals surface area contributed by atoms with Crippen LogP contribution in [0.5, 0.6) is 0 Å². The molecule has 2 heterocycles. The first kappa shape index (κ1) is 50.3. The molecule has 296 valence electrons. The number of hydrogen-bond donors (Lipinski definition) is 11. The molecule has 1 unspecified atom stereocenters. The third kappa shape index (κ3) is 16.2. The van der Waals surface area contributed by atoms with Crippen molar-refractivity contribution < 1.29 is 72.4 Å². The zero-order chi connectivity index (χ0) is 40.1. The summed E-state index contributed by atoms with van der Waals surface area (Å²) in [5, 5.41) is 68.3. The molecule has 0 bridgehead atoms. The molecule has 0 aliphatic carbocycles. The van der Waals surface area contributed by atoms with Crippen LogP contribution in [-0.4, -0.2) is 137 Å². The summed E-state index contributed by atoms with van der Waals surface area (Å²) in [7, 11) is -6.93. The van der Waals surface area contributed by atoms with Crippen molar-refractivity contribution >= 4 is 33.1 Å². The fourth-order valence-corrected chi connectivity index (χ4v) is 7.51. The predicted molar refractivity (Wildman–Crippen MR) is 183 cm³/mol. The molecule has 0 spiro atoms. The van der Waals surface area contributed by atoms with Crippen molar-refractivity contribution in [1.29, 1.82) is 10.8 Å². The summed E-state index contributed by atoms with van der Waals surface area (Å²) in [6.07, 6.45) is -3.04. The Hall–Kier alpha value is -2.83. The summed E-state index contributed by atoms with van der Waals surface area (Å²) in [6, 6.07) is -1.17. The van der Waals surface area contributed by atoms with Crippen LogP contribution in [0, 0.1) is 22.7 Å². The van der Waals surface area contributed by atoms with Crippen LogP contribution in [0.15, 0.2) is 28.1 Å². The summed E-state index contributed by atoms with van der Waals surface area (Å²) in [5.41, 5.74) is 16.8. The lowest BCUT2D eigenvalue weighted by Crippen LogP contribution is -2.50. The molecule has 0 saturated carbocycles. The van der Waals surface area contributed by atoms with Crippen molar-refractivity contribution in [3.63, 3.8) is 0 Å². The van der Waals surface area contributed by atoms with Crippen molar-refractivity contribution in [3.05, 3.63) is 23.2 Å². The zero-order valence-corrected chi connectivity index (χ0v) is 31.2. The Labute approximate surface area is 296 Å². The summed E-state index contributed by atoms with van der Waals surface area (Å²) in [4.78, 5) is 20.7. The fraction of sp³-hybridized carbons (Fsp3) is 0.750. The first-order chi connectivity index (χ1) is 23.8. The number of nitrogens with one attached hydrogen (secondary N) is 2. The molecule has 0 saturated heterocycles. The molecule has 14 N–H and O–H groups in total. The highest BCUT2D eigenvalue weighted by molar-refractivity contribution is 7.62. The SMILES string of the molecule is CCOP(=O)(OCC)C1=C[C@H](N)[C@@H](C)[C@H]([C@H](O)[C@H](O)CO)O1.CCOP(C)(=O)C1=C[C@H](N=C(N)N)[C@@H](C)[C@H]([C@H](O)[C@H](O)CO)O1.N=C=O.N=C=O. The normalized spacial score (nSPS) is 26.1. The largest absolute Gasteiger partial charge is 0.481 e. The Morgan fingerprint density at radius 1 is 0.843 bits per heavy atom. The summed E-state index contributed by atoms with van der Waals surface area (Å²) >= 11 is 0. The number of isocyanates is 2. The number of aliphatic hydroxyl groups excluding tert-OH is 6. The Morgan fingerprint density at radius 3 is 1.61 bits per heavy atom. The highest BCUT2D eigenvalue weighted by atomic mass is 31.2. The first-order valence-corrected chi connectivity index (χ1v) is 19.1. The average Bonchev–Trinajstić information content (AvgIpc) is 3.06. The number of aliphatic hydroxyl groups is 6. The van der Waals surface area contributed by atoms with Gasteiger partial charge in [-0.3, -0.25) is 9.13 Å². The Morgan fingerprint density at radius 2 is 1.24 bits per heavy atom. The zero-order valence-electron chi connectivity index (χ0n) is 29.4. The van der Waals surface area contributed by atoms with Gasteiger partial charge in [-0.2, -0.15) is 0 Å². The second-order valence-corrected chi connectivity index (χ2v) is 15.1. The van der Waals surface area contributed by atoms with Crippen LogP contribution in [0.2, 0.25) is 0 Å². The third-order valence-electron chi connectivity index (χ3n) is 7.12. The lowest BCUT2D eigenvalue weighted by molar-refractivity contribution is -0.106. The van der Waals surface area contributed by atoms with E-state index in [0.717, 1.165) is 12.2 Å². The van der Waals surface area contributed by atoms with Crippen LogP contribution in [-0.2, 0) is 41.8 Å². The molecule has 51 heavy (non-hydrogen) atoms. The summed E-state index contributed by atoms with van der Waals surface area (Å²) in [6.45, 7) is 9.08. The maximum Gasteiger partial charge on any atom is 0.395 e. The number of rotatable bonds is 15. The van der Waals surface area contributed by atoms with Crippen LogP contribution < -0.4 is 17.2 Å². The van der Waals surface area contributed by atoms with Gasteiger partial charge in [0, 0.05) is 24.5 Å². The van der Waals surface area contributed by atoms with Crippen molar-refractivity contribution in [2.24, 2.45) is 34.0 Å². The summed E-state index contributed by atoms with van der Waals surface area (Å²) < 4.78 is 52.1. The monoisotopic (exact) mass is 776 g/mol. The Bertz CT molecular complexity index is 1270. The number of aliphatic imine (C=N–C) groups is 1. The van der Waals surface area contributed by atoms with E-state index in [1.165, 1.54) is 18.8 Å². The molecule has 0 amide bonds. The van der Waals surface area contributed by atoms with E-state index < -0.39 is 82.8 Å². The second-order valence-electron chi connectivity index (χ2n) is 10.8. The molecule has 21 nitrogen and oxygen atoms in total. The van der Waals surface area contributed by atoms with Gasteiger partial charge in [-0.05, 0) is 32.9 Å². The molecular formula is C28H54N6O15P2. The smallest absolute Gasteiger partial charge is 0.395 e. The maximum atomic E-state index is 12.7. The molecule has 23 heteroatoms. The molecule has 0 aromatic carbocycles. The molecule has 11 atom stereocenters. The highest BCUT2D eigenvalue weighted by Gasteiger charge is 2.45. The Kier molecular flexibility index (Phi) is 24.8. The highest BCUT2D eigenvalue weighted by Crippen LogP contribution is 2.58. The predicted octanol–water partition coefficient (Wildman–Crippen LogP) is -0.865. The van der Waals surface area contributed by atoms with E-state index >= 15 is 0 Å². The molecule has 0 aromatic heterocycles. The number of hydrogen-bond acceptors (Lipinski definition) is 19. The average molecular weight is 777 g/mol. The second kappa shape index (κ2) is 25.2. The van der Waals surface area contributed by atoms with E-state index in [1.807, 2.05) is 0 Å². The molecule has 2 rings (SSSR count). The topological polar surface area (TPSA) is 374 Å².